The largest absolute Gasteiger partial charge is 0.480 e. The molecule has 0 fully saturated rings. The fraction of sp³-hybridized carbons (Fsp3) is 0.462. The van der Waals surface area contributed by atoms with Gasteiger partial charge in [-0.25, -0.2) is 4.79 Å². The van der Waals surface area contributed by atoms with Gasteiger partial charge in [-0.05, 0) is 60.3 Å². The van der Waals surface area contributed by atoms with Crippen LogP contribution >= 0.6 is 22.6 Å². The molecule has 0 amide bonds. The fourth-order valence-corrected chi connectivity index (χ4v) is 2.43. The van der Waals surface area contributed by atoms with E-state index in [1.807, 2.05) is 43.0 Å². The monoisotopic (exact) mass is 347 g/mol. The van der Waals surface area contributed by atoms with Crippen LogP contribution in [0.4, 0.5) is 0 Å². The summed E-state index contributed by atoms with van der Waals surface area (Å²) in [5, 5.41) is 9.54. The first-order valence-electron chi connectivity index (χ1n) is 5.71. The second kappa shape index (κ2) is 5.82. The Morgan fingerprint density at radius 1 is 1.29 bits per heavy atom. The smallest absolute Gasteiger partial charge is 0.328 e. The summed E-state index contributed by atoms with van der Waals surface area (Å²) in [6, 6.07) is 7.68. The molecule has 1 rings (SSSR count). The van der Waals surface area contributed by atoms with E-state index in [-0.39, 0.29) is 0 Å². The van der Waals surface area contributed by atoms with Crippen LogP contribution < -0.4 is 0 Å². The highest BCUT2D eigenvalue weighted by atomic mass is 127. The number of rotatable bonds is 5. The Hall–Kier alpha value is -0.620. The van der Waals surface area contributed by atoms with Gasteiger partial charge in [0.25, 0.3) is 0 Å². The second-order valence-electron chi connectivity index (χ2n) is 4.06. The maximum Gasteiger partial charge on any atom is 0.328 e. The highest BCUT2D eigenvalue weighted by Crippen LogP contribution is 2.29. The summed E-state index contributed by atoms with van der Waals surface area (Å²) in [5.41, 5.74) is -0.123. The molecule has 0 aliphatic rings. The molecule has 1 atom stereocenters. The quantitative estimate of drug-likeness (QED) is 0.833. The second-order valence-corrected chi connectivity index (χ2v) is 5.30. The molecule has 3 nitrogen and oxygen atoms in total. The summed E-state index contributed by atoms with van der Waals surface area (Å²) in [7, 11) is 0. The lowest BCUT2D eigenvalue weighted by Crippen LogP contribution is -2.49. The number of likely N-dealkylation sites (N-methyl/N-ethyl adjacent to an activating group) is 1. The van der Waals surface area contributed by atoms with Crippen LogP contribution in [0.15, 0.2) is 24.3 Å². The van der Waals surface area contributed by atoms with Crippen LogP contribution in [0.1, 0.15) is 26.3 Å². The summed E-state index contributed by atoms with van der Waals surface area (Å²) >= 11 is 2.22. The Kier molecular flexibility index (Phi) is 4.94. The van der Waals surface area contributed by atoms with E-state index in [1.54, 1.807) is 6.92 Å². The normalized spacial score (nSPS) is 14.6. The molecule has 0 aliphatic carbocycles. The Morgan fingerprint density at radius 3 is 2.12 bits per heavy atom. The first kappa shape index (κ1) is 14.4. The third-order valence-electron chi connectivity index (χ3n) is 3.22. The highest BCUT2D eigenvalue weighted by molar-refractivity contribution is 14.1. The third-order valence-corrected chi connectivity index (χ3v) is 3.94. The zero-order valence-corrected chi connectivity index (χ0v) is 12.6. The Morgan fingerprint density at radius 2 is 1.76 bits per heavy atom. The van der Waals surface area contributed by atoms with Gasteiger partial charge in [0, 0.05) is 3.57 Å². The zero-order chi connectivity index (χ0) is 13.1. The van der Waals surface area contributed by atoms with E-state index < -0.39 is 11.5 Å². The summed E-state index contributed by atoms with van der Waals surface area (Å²) in [6.07, 6.45) is 0. The summed E-state index contributed by atoms with van der Waals surface area (Å²) in [5.74, 6) is -0.803. The van der Waals surface area contributed by atoms with Crippen LogP contribution in [0.3, 0.4) is 0 Å². The molecule has 4 heteroatoms. The van der Waals surface area contributed by atoms with E-state index in [0.717, 1.165) is 9.13 Å². The van der Waals surface area contributed by atoms with E-state index in [2.05, 4.69) is 22.6 Å². The molecular formula is C13H18INO2. The minimum absolute atomic E-state index is 0.714. The Labute approximate surface area is 116 Å². The van der Waals surface area contributed by atoms with Crippen molar-refractivity contribution in [1.82, 2.24) is 4.90 Å². The maximum atomic E-state index is 11.6. The van der Waals surface area contributed by atoms with Crippen molar-refractivity contribution in [2.45, 2.75) is 26.3 Å². The summed E-state index contributed by atoms with van der Waals surface area (Å²) < 4.78 is 1.11. The van der Waals surface area contributed by atoms with Crippen molar-refractivity contribution >= 4 is 28.6 Å². The summed E-state index contributed by atoms with van der Waals surface area (Å²) in [4.78, 5) is 13.6. The number of halogens is 1. The number of carboxylic acids is 1. The van der Waals surface area contributed by atoms with Gasteiger partial charge in [0.2, 0.25) is 0 Å². The van der Waals surface area contributed by atoms with Crippen LogP contribution in [0, 0.1) is 3.57 Å². The van der Waals surface area contributed by atoms with Gasteiger partial charge in [-0.15, -0.1) is 0 Å². The molecule has 94 valence electrons. The number of hydrogen-bond donors (Lipinski definition) is 1. The van der Waals surface area contributed by atoms with E-state index in [1.165, 1.54) is 0 Å². The molecule has 1 unspecified atom stereocenters. The van der Waals surface area contributed by atoms with Crippen molar-refractivity contribution in [2.24, 2.45) is 0 Å². The van der Waals surface area contributed by atoms with Crippen molar-refractivity contribution in [3.05, 3.63) is 33.4 Å². The zero-order valence-electron chi connectivity index (χ0n) is 10.4. The molecule has 0 aromatic heterocycles. The number of hydrogen-bond acceptors (Lipinski definition) is 2. The van der Waals surface area contributed by atoms with Crippen LogP contribution in [0.5, 0.6) is 0 Å². The molecule has 0 spiro atoms. The topological polar surface area (TPSA) is 40.5 Å². The van der Waals surface area contributed by atoms with E-state index >= 15 is 0 Å². The van der Waals surface area contributed by atoms with Gasteiger partial charge < -0.3 is 5.11 Å². The number of nitrogens with zero attached hydrogens (tertiary/aromatic N) is 1. The molecule has 1 aromatic rings. The molecule has 17 heavy (non-hydrogen) atoms. The fourth-order valence-electron chi connectivity index (χ4n) is 2.07. The van der Waals surface area contributed by atoms with Crippen molar-refractivity contribution in [3.8, 4) is 0 Å². The van der Waals surface area contributed by atoms with Gasteiger partial charge in [0.1, 0.15) is 5.54 Å². The molecule has 0 saturated carbocycles. The van der Waals surface area contributed by atoms with Gasteiger partial charge in [0.05, 0.1) is 0 Å². The van der Waals surface area contributed by atoms with Crippen LogP contribution in [-0.2, 0) is 10.3 Å². The molecule has 0 saturated heterocycles. The molecule has 0 radical (unpaired) electrons. The molecule has 0 heterocycles. The predicted molar refractivity (Wildman–Crippen MR) is 77.1 cm³/mol. The van der Waals surface area contributed by atoms with Crippen molar-refractivity contribution in [1.29, 1.82) is 0 Å². The summed E-state index contributed by atoms with van der Waals surface area (Å²) in [6.45, 7) is 7.16. The highest BCUT2D eigenvalue weighted by Gasteiger charge is 2.39. The van der Waals surface area contributed by atoms with Crippen molar-refractivity contribution in [2.75, 3.05) is 13.1 Å². The van der Waals surface area contributed by atoms with Gasteiger partial charge in [-0.1, -0.05) is 26.0 Å². The van der Waals surface area contributed by atoms with Gasteiger partial charge in [0.15, 0.2) is 0 Å². The van der Waals surface area contributed by atoms with Crippen LogP contribution in [-0.4, -0.2) is 29.1 Å². The molecule has 1 N–H and O–H groups in total. The van der Waals surface area contributed by atoms with Gasteiger partial charge in [-0.2, -0.15) is 0 Å². The lowest BCUT2D eigenvalue weighted by molar-refractivity contribution is -0.151. The SMILES string of the molecule is CCN(CC)C(C)(C(=O)O)c1ccc(I)cc1. The van der Waals surface area contributed by atoms with Crippen LogP contribution in [0.25, 0.3) is 0 Å². The third kappa shape index (κ3) is 2.80. The van der Waals surface area contributed by atoms with Gasteiger partial charge >= 0.3 is 5.97 Å². The van der Waals surface area contributed by atoms with E-state index in [9.17, 15) is 9.90 Å². The van der Waals surface area contributed by atoms with Crippen molar-refractivity contribution < 1.29 is 9.90 Å². The molecular weight excluding hydrogens is 329 g/mol. The van der Waals surface area contributed by atoms with E-state index in [0.29, 0.717) is 13.1 Å². The first-order chi connectivity index (χ1) is 7.96. The predicted octanol–water partition coefficient (Wildman–Crippen LogP) is 2.93. The lowest BCUT2D eigenvalue weighted by atomic mass is 9.90. The van der Waals surface area contributed by atoms with Crippen molar-refractivity contribution in [3.63, 3.8) is 0 Å². The van der Waals surface area contributed by atoms with E-state index in [4.69, 9.17) is 0 Å². The van der Waals surface area contributed by atoms with Crippen LogP contribution in [0.2, 0.25) is 0 Å². The average Bonchev–Trinajstić information content (AvgIpc) is 2.30. The minimum atomic E-state index is -0.951. The number of carbonyl (C=O) groups is 1. The Balaban J connectivity index is 3.24. The number of benzene rings is 1. The number of carboxylic acid groups (broad SMARTS) is 1. The first-order valence-corrected chi connectivity index (χ1v) is 6.79. The Bertz CT molecular complexity index is 387. The molecule has 1 aromatic carbocycles. The van der Waals surface area contributed by atoms with Gasteiger partial charge in [-0.3, -0.25) is 4.90 Å². The standard InChI is InChI=1S/C13H18INO2/c1-4-15(5-2)13(3,12(16)17)10-6-8-11(14)9-7-10/h6-9H,4-5H2,1-3H3,(H,16,17). The number of aliphatic carboxylic acids is 1. The molecule has 0 aliphatic heterocycles. The maximum absolute atomic E-state index is 11.6. The average molecular weight is 347 g/mol. The lowest BCUT2D eigenvalue weighted by Gasteiger charge is -2.37. The minimum Gasteiger partial charge on any atom is -0.480 e. The molecule has 0 bridgehead atoms.